The molecule has 8 rings (SSSR count). The van der Waals surface area contributed by atoms with Crippen molar-refractivity contribution in [1.82, 2.24) is 35.5 Å². The number of aliphatic hydroxyl groups excluding tert-OH is 1. The molecular formula is C36H35FN10O7. The predicted molar refractivity (Wildman–Crippen MR) is 190 cm³/mol. The van der Waals surface area contributed by atoms with Gasteiger partial charge in [-0.2, -0.15) is 4.98 Å². The Balaban J connectivity index is 0.906. The summed E-state index contributed by atoms with van der Waals surface area (Å²) < 4.78 is 27.0. The molecule has 4 amide bonds. The van der Waals surface area contributed by atoms with E-state index in [4.69, 9.17) is 8.83 Å². The third kappa shape index (κ3) is 6.83. The monoisotopic (exact) mass is 738 g/mol. The zero-order chi connectivity index (χ0) is 37.5. The smallest absolute Gasteiger partial charge is 0.297 e. The molecule has 2 saturated heterocycles. The average Bonchev–Trinajstić information content (AvgIpc) is 3.96. The van der Waals surface area contributed by atoms with Crippen LogP contribution in [0.15, 0.2) is 51.6 Å². The van der Waals surface area contributed by atoms with Gasteiger partial charge in [0.2, 0.25) is 23.4 Å². The van der Waals surface area contributed by atoms with E-state index in [1.807, 2.05) is 11.8 Å². The van der Waals surface area contributed by atoms with Crippen LogP contribution in [-0.2, 0) is 22.7 Å². The number of benzene rings is 1. The average molecular weight is 739 g/mol. The van der Waals surface area contributed by atoms with Crippen LogP contribution in [0.2, 0.25) is 0 Å². The molecule has 2 atom stereocenters. The van der Waals surface area contributed by atoms with Gasteiger partial charge < -0.3 is 39.7 Å². The maximum atomic E-state index is 15.5. The van der Waals surface area contributed by atoms with Gasteiger partial charge in [0, 0.05) is 79.4 Å². The van der Waals surface area contributed by atoms with Gasteiger partial charge in [-0.25, -0.2) is 14.4 Å². The highest BCUT2D eigenvalue weighted by atomic mass is 19.1. The first kappa shape index (κ1) is 34.8. The summed E-state index contributed by atoms with van der Waals surface area (Å²) in [6.45, 7) is 3.55. The number of β-amino-alcohol motifs (C(OH)–C–C–N with tert-alkyl or cyclic N) is 1. The van der Waals surface area contributed by atoms with Crippen molar-refractivity contribution >= 4 is 52.4 Å². The van der Waals surface area contributed by atoms with Crippen molar-refractivity contribution in [1.29, 1.82) is 0 Å². The number of aliphatic hydroxyl groups is 1. The number of imide groups is 1. The van der Waals surface area contributed by atoms with E-state index in [9.17, 15) is 24.3 Å². The maximum Gasteiger partial charge on any atom is 0.297 e. The number of pyridine rings is 2. The Labute approximate surface area is 306 Å². The van der Waals surface area contributed by atoms with E-state index in [1.165, 1.54) is 11.2 Å². The number of rotatable bonds is 11. The minimum atomic E-state index is -0.822. The highest BCUT2D eigenvalue weighted by Crippen LogP contribution is 2.33. The molecule has 0 bridgehead atoms. The second kappa shape index (κ2) is 14.3. The molecule has 0 saturated carbocycles. The summed E-state index contributed by atoms with van der Waals surface area (Å²) >= 11 is 0. The maximum absolute atomic E-state index is 15.5. The van der Waals surface area contributed by atoms with Crippen LogP contribution in [0.5, 0.6) is 0 Å². The number of carbonyl (C=O) groups is 4. The fourth-order valence-electron chi connectivity index (χ4n) is 6.84. The Morgan fingerprint density at radius 1 is 1.11 bits per heavy atom. The minimum absolute atomic E-state index is 0.0495. The summed E-state index contributed by atoms with van der Waals surface area (Å²) in [5.41, 5.74) is 3.25. The SMILES string of the molecule is Cc1cc(-c2nc(C(=O)Nc3cc4oc(NCCNCc5ccc6c(c5F)CN(C5CCC(=O)NC5=O)C6=O)nc4nc3N3CC[C@@H](O)C3)co2)ccn1. The number of hydrogen-bond acceptors (Lipinski definition) is 14. The molecule has 0 radical (unpaired) electrons. The summed E-state index contributed by atoms with van der Waals surface area (Å²) in [5.74, 6) is -1.73. The highest BCUT2D eigenvalue weighted by Gasteiger charge is 2.40. The normalized spacial score (nSPS) is 18.4. The molecule has 1 aromatic carbocycles. The number of amides is 4. The molecule has 0 spiro atoms. The number of carbonyl (C=O) groups excluding carboxylic acids is 4. The van der Waals surface area contributed by atoms with Crippen LogP contribution < -0.4 is 26.2 Å². The van der Waals surface area contributed by atoms with Crippen LogP contribution >= 0.6 is 0 Å². The van der Waals surface area contributed by atoms with Gasteiger partial charge in [0.25, 0.3) is 17.8 Å². The highest BCUT2D eigenvalue weighted by molar-refractivity contribution is 6.06. The van der Waals surface area contributed by atoms with E-state index in [0.29, 0.717) is 60.8 Å². The molecule has 18 heteroatoms. The number of anilines is 3. The minimum Gasteiger partial charge on any atom is -0.444 e. The van der Waals surface area contributed by atoms with Crippen LogP contribution in [0.25, 0.3) is 22.7 Å². The molecule has 0 aliphatic carbocycles. The quantitative estimate of drug-likeness (QED) is 0.0971. The number of oxazole rings is 2. The first-order valence-corrected chi connectivity index (χ1v) is 17.5. The lowest BCUT2D eigenvalue weighted by Crippen LogP contribution is -2.52. The van der Waals surface area contributed by atoms with Crippen LogP contribution in [-0.4, -0.2) is 91.9 Å². The van der Waals surface area contributed by atoms with E-state index in [2.05, 4.69) is 41.2 Å². The fourth-order valence-corrected chi connectivity index (χ4v) is 6.84. The Bertz CT molecular complexity index is 2310. The van der Waals surface area contributed by atoms with Gasteiger partial charge in [-0.15, -0.1) is 0 Å². The number of hydrogen-bond donors (Lipinski definition) is 5. The summed E-state index contributed by atoms with van der Waals surface area (Å²) in [5, 5.41) is 21.6. The second-order valence-corrected chi connectivity index (χ2v) is 13.3. The van der Waals surface area contributed by atoms with Gasteiger partial charge in [0.15, 0.2) is 17.1 Å². The molecule has 1 unspecified atom stereocenters. The Hall–Kier alpha value is -6.27. The fraction of sp³-hybridized carbons (Fsp3) is 0.333. The van der Waals surface area contributed by atoms with Crippen molar-refractivity contribution in [2.45, 2.75) is 51.4 Å². The van der Waals surface area contributed by atoms with Crippen LogP contribution in [0, 0.1) is 12.7 Å². The van der Waals surface area contributed by atoms with Gasteiger partial charge >= 0.3 is 0 Å². The Kier molecular flexibility index (Phi) is 9.20. The molecule has 3 aliphatic rings. The van der Waals surface area contributed by atoms with E-state index in [1.54, 1.807) is 36.5 Å². The number of piperidine rings is 1. The van der Waals surface area contributed by atoms with Crippen molar-refractivity contribution in [2.24, 2.45) is 0 Å². The molecule has 278 valence electrons. The number of aryl methyl sites for hydroxylation is 1. The first-order valence-electron chi connectivity index (χ1n) is 17.5. The second-order valence-electron chi connectivity index (χ2n) is 13.3. The van der Waals surface area contributed by atoms with Gasteiger partial charge in [-0.1, -0.05) is 6.07 Å². The molecule has 54 heavy (non-hydrogen) atoms. The summed E-state index contributed by atoms with van der Waals surface area (Å²) in [6.07, 6.45) is 3.21. The summed E-state index contributed by atoms with van der Waals surface area (Å²) in [7, 11) is 0. The number of nitrogens with zero attached hydrogens (tertiary/aromatic N) is 6. The lowest BCUT2D eigenvalue weighted by atomic mass is 10.0. The summed E-state index contributed by atoms with van der Waals surface area (Å²) in [6, 6.07) is 7.62. The molecular weight excluding hydrogens is 703 g/mol. The van der Waals surface area contributed by atoms with Crippen molar-refractivity contribution in [3.05, 3.63) is 76.7 Å². The van der Waals surface area contributed by atoms with E-state index >= 15 is 4.39 Å². The third-order valence-corrected chi connectivity index (χ3v) is 9.58. The lowest BCUT2D eigenvalue weighted by Gasteiger charge is -2.29. The number of nitrogens with one attached hydrogen (secondary N) is 4. The van der Waals surface area contributed by atoms with Crippen LogP contribution in [0.3, 0.4) is 0 Å². The molecule has 5 aromatic rings. The Morgan fingerprint density at radius 2 is 1.98 bits per heavy atom. The van der Waals surface area contributed by atoms with Gasteiger partial charge in [-0.05, 0) is 38.0 Å². The number of aromatic nitrogens is 4. The zero-order valence-electron chi connectivity index (χ0n) is 29.0. The molecule has 3 aliphatic heterocycles. The van der Waals surface area contributed by atoms with Crippen molar-refractivity contribution in [2.75, 3.05) is 41.7 Å². The molecule has 4 aromatic heterocycles. The summed E-state index contributed by atoms with van der Waals surface area (Å²) in [4.78, 5) is 71.0. The van der Waals surface area contributed by atoms with Gasteiger partial charge in [0.1, 0.15) is 18.1 Å². The van der Waals surface area contributed by atoms with Crippen LogP contribution in [0.4, 0.5) is 21.9 Å². The largest absolute Gasteiger partial charge is 0.444 e. The van der Waals surface area contributed by atoms with Crippen molar-refractivity contribution < 1.29 is 37.5 Å². The third-order valence-electron chi connectivity index (χ3n) is 9.58. The molecule has 7 heterocycles. The van der Waals surface area contributed by atoms with E-state index in [-0.39, 0.29) is 66.2 Å². The first-order chi connectivity index (χ1) is 26.1. The van der Waals surface area contributed by atoms with E-state index < -0.39 is 35.7 Å². The molecule has 2 fully saturated rings. The van der Waals surface area contributed by atoms with Crippen LogP contribution in [0.1, 0.15) is 56.9 Å². The van der Waals surface area contributed by atoms with Crippen molar-refractivity contribution in [3.63, 3.8) is 0 Å². The molecule has 17 nitrogen and oxygen atoms in total. The zero-order valence-corrected chi connectivity index (χ0v) is 29.0. The van der Waals surface area contributed by atoms with Gasteiger partial charge in [-0.3, -0.25) is 29.5 Å². The topological polar surface area (TPSA) is 221 Å². The molecule has 5 N–H and O–H groups in total. The van der Waals surface area contributed by atoms with Crippen molar-refractivity contribution in [3.8, 4) is 11.5 Å². The lowest BCUT2D eigenvalue weighted by molar-refractivity contribution is -0.136. The van der Waals surface area contributed by atoms with E-state index in [0.717, 1.165) is 5.69 Å². The predicted octanol–water partition coefficient (Wildman–Crippen LogP) is 2.51. The standard InChI is InChI=1S/C36H35FN10O7/c1-18-12-19(6-8-39-18)34-42-25(17-53-34)32(50)41-24-13-27-30(44-31(24)46-11-7-21(48)15-46)45-36(54-27)40-10-9-38-14-20-2-3-22-23(29(20)37)16-47(35(22)52)26-4-5-28(49)43-33(26)51/h2-3,6,8,12-13,17,21,26,38,48H,4-5,7,9-11,14-16H2,1H3,(H,41,50)(H,40,44,45)(H,43,49,51)/t21-,26?/m1/s1. The Morgan fingerprint density at radius 3 is 2.78 bits per heavy atom. The number of halogens is 1. The number of fused-ring (bicyclic) bond motifs is 2. The van der Waals surface area contributed by atoms with Gasteiger partial charge in [0.05, 0.1) is 18.3 Å².